The minimum absolute atomic E-state index is 0.132. The Morgan fingerprint density at radius 3 is 2.34 bits per heavy atom. The first-order valence-electron chi connectivity index (χ1n) is 9.77. The predicted molar refractivity (Wildman–Crippen MR) is 120 cm³/mol. The summed E-state index contributed by atoms with van der Waals surface area (Å²) in [5, 5.41) is 3.76. The molecule has 2 aromatic carbocycles. The van der Waals surface area contributed by atoms with E-state index in [1.165, 1.54) is 19.1 Å². The van der Waals surface area contributed by atoms with Crippen LogP contribution < -0.4 is 21.7 Å². The molecule has 186 valence electrons. The lowest BCUT2D eigenvalue weighted by atomic mass is 9.90. The summed E-state index contributed by atoms with van der Waals surface area (Å²) < 4.78 is 81.1. The third kappa shape index (κ3) is 5.42. The van der Waals surface area contributed by atoms with Crippen molar-refractivity contribution in [3.05, 3.63) is 81.0 Å². The van der Waals surface area contributed by atoms with Gasteiger partial charge in [-0.05, 0) is 35.9 Å². The van der Waals surface area contributed by atoms with Gasteiger partial charge in [0, 0.05) is 11.6 Å². The number of primary amides is 1. The Balaban J connectivity index is 2.44. The fourth-order valence-corrected chi connectivity index (χ4v) is 4.03. The molecule has 1 unspecified atom stereocenters. The maximum absolute atomic E-state index is 14.5. The normalized spacial score (nSPS) is 12.9. The highest BCUT2D eigenvalue weighted by Crippen LogP contribution is 2.36. The first-order chi connectivity index (χ1) is 16.1. The molecule has 1 atom stereocenters. The van der Waals surface area contributed by atoms with Gasteiger partial charge >= 0.3 is 6.18 Å². The second-order valence-electron chi connectivity index (χ2n) is 7.65. The number of sulfonamides is 1. The summed E-state index contributed by atoms with van der Waals surface area (Å²) >= 11 is 0. The van der Waals surface area contributed by atoms with Gasteiger partial charge < -0.3 is 11.5 Å². The first kappa shape index (κ1) is 25.7. The molecule has 0 aliphatic rings. The second-order valence-corrected chi connectivity index (χ2v) is 9.40. The van der Waals surface area contributed by atoms with Crippen LogP contribution in [0.15, 0.2) is 47.3 Å². The standard InChI is InChI=1S/C21H19F4N5O4S/c1-10(11-7-12(21(23,24)25)9-13(26)8-11)16-17(29-35(2,33)34)18(19(27)31)28-30(20(16)32)15-6-4-3-5-14(15)22/h3-10,29H,26H2,1-2H3,(H2,27,31). The molecule has 1 aromatic heterocycles. The third-order valence-electron chi connectivity index (χ3n) is 4.97. The molecule has 3 aromatic rings. The highest BCUT2D eigenvalue weighted by atomic mass is 32.2. The quantitative estimate of drug-likeness (QED) is 0.341. The lowest BCUT2D eigenvalue weighted by molar-refractivity contribution is -0.137. The molecule has 5 N–H and O–H groups in total. The van der Waals surface area contributed by atoms with Crippen molar-refractivity contribution in [3.63, 3.8) is 0 Å². The van der Waals surface area contributed by atoms with Crippen LogP contribution in [0.25, 0.3) is 5.69 Å². The number of aromatic nitrogens is 2. The number of nitrogens with zero attached hydrogens (tertiary/aromatic N) is 2. The molecule has 0 aliphatic carbocycles. The number of nitrogens with one attached hydrogen (secondary N) is 1. The number of carbonyl (C=O) groups is 1. The van der Waals surface area contributed by atoms with Crippen molar-refractivity contribution in [2.24, 2.45) is 5.73 Å². The Hall–Kier alpha value is -3.94. The summed E-state index contributed by atoms with van der Waals surface area (Å²) in [5.74, 6) is -3.48. The van der Waals surface area contributed by atoms with Gasteiger partial charge in [-0.2, -0.15) is 23.0 Å². The molecule has 0 spiro atoms. The van der Waals surface area contributed by atoms with Crippen molar-refractivity contribution in [3.8, 4) is 5.69 Å². The smallest absolute Gasteiger partial charge is 0.399 e. The number of nitrogens with two attached hydrogens (primary N) is 2. The van der Waals surface area contributed by atoms with E-state index in [1.807, 2.05) is 4.72 Å². The van der Waals surface area contributed by atoms with E-state index in [0.29, 0.717) is 10.7 Å². The van der Waals surface area contributed by atoms with Crippen molar-refractivity contribution >= 4 is 27.3 Å². The number of nitrogen functional groups attached to an aromatic ring is 1. The predicted octanol–water partition coefficient (Wildman–Crippen LogP) is 2.59. The molecule has 35 heavy (non-hydrogen) atoms. The number of para-hydroxylation sites is 1. The minimum atomic E-state index is -4.78. The zero-order chi connectivity index (χ0) is 26.3. The monoisotopic (exact) mass is 513 g/mol. The van der Waals surface area contributed by atoms with Gasteiger partial charge in [-0.3, -0.25) is 14.3 Å². The number of hydrogen-bond acceptors (Lipinski definition) is 6. The van der Waals surface area contributed by atoms with E-state index in [0.717, 1.165) is 30.5 Å². The molecule has 3 rings (SSSR count). The average molecular weight is 513 g/mol. The van der Waals surface area contributed by atoms with Gasteiger partial charge in [-0.15, -0.1) is 0 Å². The van der Waals surface area contributed by atoms with Crippen molar-refractivity contribution < 1.29 is 30.8 Å². The van der Waals surface area contributed by atoms with Crippen LogP contribution in [0.5, 0.6) is 0 Å². The Bertz CT molecular complexity index is 1490. The van der Waals surface area contributed by atoms with Crippen LogP contribution in [-0.2, 0) is 16.2 Å². The van der Waals surface area contributed by atoms with Crippen LogP contribution in [0.3, 0.4) is 0 Å². The van der Waals surface area contributed by atoms with Gasteiger partial charge in [-0.25, -0.2) is 12.8 Å². The topological polar surface area (TPSA) is 150 Å². The van der Waals surface area contributed by atoms with Crippen LogP contribution in [0.2, 0.25) is 0 Å². The molecule has 9 nitrogen and oxygen atoms in total. The van der Waals surface area contributed by atoms with Crippen LogP contribution in [0, 0.1) is 5.82 Å². The van der Waals surface area contributed by atoms with Crippen molar-refractivity contribution in [2.75, 3.05) is 16.7 Å². The lowest BCUT2D eigenvalue weighted by Gasteiger charge is -2.21. The number of hydrogen-bond donors (Lipinski definition) is 3. The first-order valence-corrected chi connectivity index (χ1v) is 11.7. The summed E-state index contributed by atoms with van der Waals surface area (Å²) in [6, 6.07) is 7.43. The summed E-state index contributed by atoms with van der Waals surface area (Å²) in [5.41, 5.74) is 6.09. The third-order valence-corrected chi connectivity index (χ3v) is 5.54. The largest absolute Gasteiger partial charge is 0.416 e. The van der Waals surface area contributed by atoms with E-state index >= 15 is 0 Å². The highest BCUT2D eigenvalue weighted by Gasteiger charge is 2.33. The fourth-order valence-electron chi connectivity index (χ4n) is 3.45. The molecular formula is C21H19F4N5O4S. The summed E-state index contributed by atoms with van der Waals surface area (Å²) in [6.45, 7) is 1.29. The van der Waals surface area contributed by atoms with Gasteiger partial charge in [0.15, 0.2) is 5.69 Å². The van der Waals surface area contributed by atoms with E-state index < -0.39 is 67.6 Å². The van der Waals surface area contributed by atoms with E-state index in [1.54, 1.807) is 0 Å². The summed E-state index contributed by atoms with van der Waals surface area (Å²) in [6.07, 6.45) is -4.06. The Kier molecular flexibility index (Phi) is 6.62. The molecule has 1 amide bonds. The van der Waals surface area contributed by atoms with Crippen molar-refractivity contribution in [2.45, 2.75) is 19.0 Å². The molecule has 14 heteroatoms. The van der Waals surface area contributed by atoms with E-state index in [2.05, 4.69) is 5.10 Å². The zero-order valence-electron chi connectivity index (χ0n) is 18.2. The number of carbonyl (C=O) groups excluding carboxylic acids is 1. The van der Waals surface area contributed by atoms with Gasteiger partial charge in [0.05, 0.1) is 23.1 Å². The van der Waals surface area contributed by atoms with Crippen LogP contribution >= 0.6 is 0 Å². The van der Waals surface area contributed by atoms with Crippen molar-refractivity contribution in [1.29, 1.82) is 0 Å². The SMILES string of the molecule is CC(c1cc(N)cc(C(F)(F)F)c1)c1c(NS(C)(=O)=O)c(C(N)=O)nn(-c2ccccc2F)c1=O. The maximum Gasteiger partial charge on any atom is 0.416 e. The zero-order valence-corrected chi connectivity index (χ0v) is 19.0. The molecule has 0 saturated carbocycles. The van der Waals surface area contributed by atoms with Crippen LogP contribution in [0.1, 0.15) is 40.0 Å². The summed E-state index contributed by atoms with van der Waals surface area (Å²) in [4.78, 5) is 25.7. The Labute approximate surface area is 196 Å². The number of anilines is 2. The fraction of sp³-hybridized carbons (Fsp3) is 0.190. The molecule has 0 fully saturated rings. The van der Waals surface area contributed by atoms with E-state index in [9.17, 15) is 35.6 Å². The molecule has 1 heterocycles. The van der Waals surface area contributed by atoms with Gasteiger partial charge in [0.25, 0.3) is 11.5 Å². The average Bonchev–Trinajstić information content (AvgIpc) is 2.72. The van der Waals surface area contributed by atoms with Gasteiger partial charge in [-0.1, -0.05) is 19.1 Å². The van der Waals surface area contributed by atoms with Gasteiger partial charge in [0.2, 0.25) is 10.0 Å². The highest BCUT2D eigenvalue weighted by molar-refractivity contribution is 7.92. The van der Waals surface area contributed by atoms with E-state index in [-0.39, 0.29) is 11.3 Å². The van der Waals surface area contributed by atoms with E-state index in [4.69, 9.17) is 11.5 Å². The number of amides is 1. The van der Waals surface area contributed by atoms with Crippen LogP contribution in [0.4, 0.5) is 28.9 Å². The Morgan fingerprint density at radius 2 is 1.80 bits per heavy atom. The maximum atomic E-state index is 14.5. The lowest BCUT2D eigenvalue weighted by Crippen LogP contribution is -2.33. The molecular weight excluding hydrogens is 494 g/mol. The van der Waals surface area contributed by atoms with Crippen molar-refractivity contribution in [1.82, 2.24) is 9.78 Å². The summed E-state index contributed by atoms with van der Waals surface area (Å²) in [7, 11) is -4.14. The molecule has 0 saturated heterocycles. The number of alkyl halides is 3. The number of benzene rings is 2. The Morgan fingerprint density at radius 1 is 1.17 bits per heavy atom. The minimum Gasteiger partial charge on any atom is -0.399 e. The molecule has 0 aliphatic heterocycles. The van der Waals surface area contributed by atoms with Gasteiger partial charge in [0.1, 0.15) is 11.5 Å². The molecule has 0 bridgehead atoms. The number of halogens is 4. The molecule has 0 radical (unpaired) electrons. The number of rotatable bonds is 6. The van der Waals surface area contributed by atoms with Crippen LogP contribution in [-0.4, -0.2) is 30.4 Å². The second kappa shape index (κ2) is 9.02.